The number of hydrogen-bond donors (Lipinski definition) is 0. The van der Waals surface area contributed by atoms with Gasteiger partial charge in [0.05, 0.1) is 15.5 Å². The number of thiophene rings is 1. The maximum Gasteiger partial charge on any atom is 0.264 e. The number of rotatable bonds is 4. The second-order valence-corrected chi connectivity index (χ2v) is 10.7. The van der Waals surface area contributed by atoms with Crippen molar-refractivity contribution < 1.29 is 13.2 Å². The van der Waals surface area contributed by atoms with Gasteiger partial charge in [-0.25, -0.2) is 8.42 Å². The fourth-order valence-electron chi connectivity index (χ4n) is 3.31. The number of benzene rings is 2. The minimum atomic E-state index is -3.66. The number of nitrogens with zero attached hydrogens (tertiary/aromatic N) is 2. The molecule has 0 aliphatic carbocycles. The summed E-state index contributed by atoms with van der Waals surface area (Å²) in [5.41, 5.74) is 0.563. The number of halogens is 1. The highest BCUT2D eigenvalue weighted by atomic mass is 79.9. The molecular weight excluding hydrogens is 460 g/mol. The minimum Gasteiger partial charge on any atom is -0.338 e. The predicted molar refractivity (Wildman–Crippen MR) is 117 cm³/mol. The fraction of sp³-hybridized carbons (Fsp3) is 0.250. The van der Waals surface area contributed by atoms with Crippen molar-refractivity contribution in [2.45, 2.75) is 17.7 Å². The van der Waals surface area contributed by atoms with Gasteiger partial charge in [-0.3, -0.25) is 9.10 Å². The Hall–Kier alpha value is -1.90. The van der Waals surface area contributed by atoms with Gasteiger partial charge in [0.15, 0.2) is 0 Å². The molecule has 28 heavy (non-hydrogen) atoms. The van der Waals surface area contributed by atoms with Gasteiger partial charge in [0.2, 0.25) is 0 Å². The third kappa shape index (κ3) is 3.56. The molecule has 0 N–H and O–H groups in total. The standard InChI is InChI=1S/C20H19BrN2O3S2/c1-22(28(25,26)17-7-4-15(21)5-8-17)16-6-9-18-14(12-16)13-19(27-18)20(24)23-10-2-3-11-23/h4-9,12-13H,2-3,10-11H2,1H3. The third-order valence-electron chi connectivity index (χ3n) is 4.94. The summed E-state index contributed by atoms with van der Waals surface area (Å²) >= 11 is 4.78. The SMILES string of the molecule is CN(c1ccc2sc(C(=O)N3CCCC3)cc2c1)S(=O)(=O)c1ccc(Br)cc1. The van der Waals surface area contributed by atoms with Gasteiger partial charge in [0.25, 0.3) is 15.9 Å². The number of fused-ring (bicyclic) bond motifs is 1. The van der Waals surface area contributed by atoms with Crippen LogP contribution in [0.5, 0.6) is 0 Å². The van der Waals surface area contributed by atoms with E-state index < -0.39 is 10.0 Å². The minimum absolute atomic E-state index is 0.0658. The quantitative estimate of drug-likeness (QED) is 0.544. The molecule has 1 aromatic heterocycles. The molecule has 0 radical (unpaired) electrons. The second-order valence-electron chi connectivity index (χ2n) is 6.76. The summed E-state index contributed by atoms with van der Waals surface area (Å²) in [5.74, 6) is 0.0658. The van der Waals surface area contributed by atoms with Crippen LogP contribution < -0.4 is 4.31 Å². The zero-order valence-corrected chi connectivity index (χ0v) is 18.5. The van der Waals surface area contributed by atoms with E-state index in [4.69, 9.17) is 0 Å². The van der Waals surface area contributed by atoms with Gasteiger partial charge >= 0.3 is 0 Å². The molecule has 1 amide bonds. The number of likely N-dealkylation sites (tertiary alicyclic amines) is 1. The lowest BCUT2D eigenvalue weighted by atomic mass is 10.2. The van der Waals surface area contributed by atoms with Crippen LogP contribution in [-0.2, 0) is 10.0 Å². The van der Waals surface area contributed by atoms with Gasteiger partial charge < -0.3 is 4.90 Å². The largest absolute Gasteiger partial charge is 0.338 e. The molecule has 1 aliphatic rings. The summed E-state index contributed by atoms with van der Waals surface area (Å²) in [6, 6.07) is 13.9. The smallest absolute Gasteiger partial charge is 0.264 e. The molecular formula is C20H19BrN2O3S2. The number of carbonyl (C=O) groups excluding carboxylic acids is 1. The van der Waals surface area contributed by atoms with Crippen LogP contribution in [0.15, 0.2) is 57.9 Å². The van der Waals surface area contributed by atoms with Gasteiger partial charge in [-0.2, -0.15) is 0 Å². The number of sulfonamides is 1. The zero-order chi connectivity index (χ0) is 19.9. The number of anilines is 1. The lowest BCUT2D eigenvalue weighted by Gasteiger charge is -2.19. The van der Waals surface area contributed by atoms with E-state index in [2.05, 4.69) is 15.9 Å². The lowest BCUT2D eigenvalue weighted by molar-refractivity contribution is 0.0797. The Morgan fingerprint density at radius 2 is 1.75 bits per heavy atom. The Morgan fingerprint density at radius 3 is 2.43 bits per heavy atom. The maximum atomic E-state index is 12.9. The lowest BCUT2D eigenvalue weighted by Crippen LogP contribution is -2.26. The van der Waals surface area contributed by atoms with Crippen LogP contribution in [0.1, 0.15) is 22.5 Å². The van der Waals surface area contributed by atoms with Crippen LogP contribution >= 0.6 is 27.3 Å². The first kappa shape index (κ1) is 19.4. The van der Waals surface area contributed by atoms with Gasteiger partial charge in [0.1, 0.15) is 0 Å². The molecule has 2 heterocycles. The van der Waals surface area contributed by atoms with Crippen molar-refractivity contribution >= 4 is 59.0 Å². The Balaban J connectivity index is 1.65. The van der Waals surface area contributed by atoms with Crippen molar-refractivity contribution in [3.63, 3.8) is 0 Å². The zero-order valence-electron chi connectivity index (χ0n) is 15.3. The van der Waals surface area contributed by atoms with E-state index in [1.165, 1.54) is 15.6 Å². The first-order chi connectivity index (χ1) is 13.4. The van der Waals surface area contributed by atoms with Crippen molar-refractivity contribution in [2.75, 3.05) is 24.4 Å². The molecule has 1 aliphatic heterocycles. The Kier molecular flexibility index (Phi) is 5.20. The average Bonchev–Trinajstić information content (AvgIpc) is 3.36. The Bertz CT molecular complexity index is 1130. The van der Waals surface area contributed by atoms with Crippen LogP contribution in [0.25, 0.3) is 10.1 Å². The summed E-state index contributed by atoms with van der Waals surface area (Å²) in [4.78, 5) is 15.4. The molecule has 2 aromatic carbocycles. The van der Waals surface area contributed by atoms with Gasteiger partial charge in [-0.05, 0) is 66.8 Å². The average molecular weight is 479 g/mol. The fourth-order valence-corrected chi connectivity index (χ4v) is 5.77. The van der Waals surface area contributed by atoms with E-state index in [1.807, 2.05) is 23.1 Å². The van der Waals surface area contributed by atoms with E-state index in [0.717, 1.165) is 40.5 Å². The molecule has 8 heteroatoms. The third-order valence-corrected chi connectivity index (χ3v) is 8.37. The van der Waals surface area contributed by atoms with Crippen molar-refractivity contribution in [1.29, 1.82) is 0 Å². The van der Waals surface area contributed by atoms with Crippen molar-refractivity contribution in [2.24, 2.45) is 0 Å². The second kappa shape index (κ2) is 7.50. The van der Waals surface area contributed by atoms with E-state index in [9.17, 15) is 13.2 Å². The summed E-state index contributed by atoms with van der Waals surface area (Å²) in [6.07, 6.45) is 2.11. The van der Waals surface area contributed by atoms with Crippen molar-refractivity contribution in [3.8, 4) is 0 Å². The number of hydrogen-bond acceptors (Lipinski definition) is 4. The van der Waals surface area contributed by atoms with Crippen LogP contribution in [0.2, 0.25) is 0 Å². The molecule has 0 unspecified atom stereocenters. The molecule has 146 valence electrons. The maximum absolute atomic E-state index is 12.9. The van der Waals surface area contributed by atoms with E-state index in [-0.39, 0.29) is 10.8 Å². The molecule has 0 saturated carbocycles. The molecule has 5 nitrogen and oxygen atoms in total. The Morgan fingerprint density at radius 1 is 1.07 bits per heavy atom. The van der Waals surface area contributed by atoms with E-state index in [1.54, 1.807) is 37.4 Å². The van der Waals surface area contributed by atoms with Crippen LogP contribution in [-0.4, -0.2) is 39.4 Å². The predicted octanol–water partition coefficient (Wildman–Crippen LogP) is 4.72. The molecule has 4 rings (SSSR count). The van der Waals surface area contributed by atoms with Crippen molar-refractivity contribution in [3.05, 3.63) is 57.9 Å². The highest BCUT2D eigenvalue weighted by Crippen LogP contribution is 2.32. The topological polar surface area (TPSA) is 57.7 Å². The highest BCUT2D eigenvalue weighted by molar-refractivity contribution is 9.10. The number of amides is 1. The van der Waals surface area contributed by atoms with Crippen LogP contribution in [0.3, 0.4) is 0 Å². The molecule has 0 spiro atoms. The summed E-state index contributed by atoms with van der Waals surface area (Å²) in [6.45, 7) is 1.62. The number of carbonyl (C=O) groups is 1. The summed E-state index contributed by atoms with van der Waals surface area (Å²) < 4.78 is 28.9. The molecule has 1 fully saturated rings. The molecule has 1 saturated heterocycles. The van der Waals surface area contributed by atoms with Crippen LogP contribution in [0, 0.1) is 0 Å². The van der Waals surface area contributed by atoms with E-state index in [0.29, 0.717) is 10.6 Å². The van der Waals surface area contributed by atoms with Gasteiger partial charge in [-0.1, -0.05) is 15.9 Å². The first-order valence-corrected chi connectivity index (χ1v) is 12.0. The van der Waals surface area contributed by atoms with E-state index >= 15 is 0 Å². The Labute approximate surface area is 176 Å². The van der Waals surface area contributed by atoms with Gasteiger partial charge in [-0.15, -0.1) is 11.3 Å². The monoisotopic (exact) mass is 478 g/mol. The normalized spacial score (nSPS) is 14.6. The summed E-state index contributed by atoms with van der Waals surface area (Å²) in [5, 5.41) is 0.878. The molecule has 0 bridgehead atoms. The molecule has 3 aromatic rings. The van der Waals surface area contributed by atoms with Crippen molar-refractivity contribution in [1.82, 2.24) is 4.90 Å². The van der Waals surface area contributed by atoms with Crippen LogP contribution in [0.4, 0.5) is 5.69 Å². The summed E-state index contributed by atoms with van der Waals surface area (Å²) in [7, 11) is -2.12. The molecule has 0 atom stereocenters. The van der Waals surface area contributed by atoms with Gasteiger partial charge in [0, 0.05) is 29.3 Å². The first-order valence-electron chi connectivity index (χ1n) is 8.94. The highest BCUT2D eigenvalue weighted by Gasteiger charge is 2.23.